The summed E-state index contributed by atoms with van der Waals surface area (Å²) in [6.45, 7) is 0. The van der Waals surface area contributed by atoms with E-state index in [1.54, 1.807) is 0 Å². The van der Waals surface area contributed by atoms with Gasteiger partial charge in [0, 0.05) is 3.92 Å². The molecule has 1 aliphatic rings. The quantitative estimate of drug-likeness (QED) is 0.441. The molecule has 0 heterocycles. The molecule has 72 valence electrons. The summed E-state index contributed by atoms with van der Waals surface area (Å²) in [5.41, 5.74) is 0. The fourth-order valence-corrected chi connectivity index (χ4v) is 4.30. The van der Waals surface area contributed by atoms with Crippen LogP contribution in [0.3, 0.4) is 0 Å². The van der Waals surface area contributed by atoms with E-state index in [0.29, 0.717) is 0 Å². The second kappa shape index (κ2) is 4.80. The second-order valence-electron chi connectivity index (χ2n) is 2.67. The summed E-state index contributed by atoms with van der Waals surface area (Å²) < 4.78 is 0.0610. The lowest BCUT2D eigenvalue weighted by Crippen LogP contribution is -2.51. The number of hydrogen-bond acceptors (Lipinski definition) is 0. The molecule has 0 N–H and O–H groups in total. The Morgan fingerprint density at radius 2 is 0.833 bits per heavy atom. The van der Waals surface area contributed by atoms with Gasteiger partial charge in [0.05, 0.1) is 26.9 Å². The third-order valence-electron chi connectivity index (χ3n) is 1.83. The molecule has 1 aliphatic carbocycles. The van der Waals surface area contributed by atoms with Crippen molar-refractivity contribution in [2.24, 2.45) is 0 Å². The van der Waals surface area contributed by atoms with Crippen molar-refractivity contribution < 1.29 is 0 Å². The largest absolute Gasteiger partial charge is 0.120 e. The number of halogens is 6. The average Bonchev–Trinajstić information content (AvgIpc) is 2.08. The maximum absolute atomic E-state index is 6.01. The summed E-state index contributed by atoms with van der Waals surface area (Å²) in [4.78, 5) is 0. The Bertz CT molecular complexity index is 107. The normalized spacial score (nSPS) is 55.5. The molecule has 12 heavy (non-hydrogen) atoms. The molecule has 0 nitrogen and oxygen atoms in total. The van der Waals surface area contributed by atoms with Crippen LogP contribution in [-0.2, 0) is 0 Å². The van der Waals surface area contributed by atoms with Gasteiger partial charge in [-0.25, -0.2) is 0 Å². The van der Waals surface area contributed by atoms with Gasteiger partial charge in [0.15, 0.2) is 0 Å². The zero-order valence-corrected chi connectivity index (χ0v) is 11.7. The molecule has 4 atom stereocenters. The third-order valence-corrected chi connectivity index (χ3v) is 7.46. The summed E-state index contributed by atoms with van der Waals surface area (Å²) in [6.07, 6.45) is 0. The predicted molar refractivity (Wildman–Crippen MR) is 66.0 cm³/mol. The van der Waals surface area contributed by atoms with Crippen molar-refractivity contribution in [3.8, 4) is 0 Å². The van der Waals surface area contributed by atoms with Crippen molar-refractivity contribution >= 4 is 80.6 Å². The molecule has 0 aromatic carbocycles. The van der Waals surface area contributed by atoms with Crippen LogP contribution in [0, 0.1) is 0 Å². The number of hydrogen-bond donors (Lipinski definition) is 0. The minimum Gasteiger partial charge on any atom is -0.120 e. The molecule has 1 rings (SSSR count). The first-order valence-corrected chi connectivity index (χ1v) is 6.74. The highest BCUT2D eigenvalue weighted by molar-refractivity contribution is 14.1. The van der Waals surface area contributed by atoms with Gasteiger partial charge < -0.3 is 0 Å². The lowest BCUT2D eigenvalue weighted by atomic mass is 9.98. The Labute approximate surface area is 110 Å². The summed E-state index contributed by atoms with van der Waals surface area (Å²) in [5, 5.41) is -1.41. The second-order valence-corrected chi connectivity index (χ2v) is 6.62. The highest BCUT2D eigenvalue weighted by atomic mass is 127. The van der Waals surface area contributed by atoms with Gasteiger partial charge in [-0.05, 0) is 0 Å². The number of alkyl halides is 6. The smallest absolute Gasteiger partial charge is 0.0692 e. The average molecular weight is 382 g/mol. The Morgan fingerprint density at radius 3 is 1.17 bits per heavy atom. The molecule has 1 fully saturated rings. The Morgan fingerprint density at radius 1 is 0.583 bits per heavy atom. The van der Waals surface area contributed by atoms with Crippen LogP contribution in [0.1, 0.15) is 0 Å². The third kappa shape index (κ3) is 2.22. The van der Waals surface area contributed by atoms with Gasteiger partial charge in [-0.3, -0.25) is 0 Å². The van der Waals surface area contributed by atoms with Crippen LogP contribution in [0.2, 0.25) is 0 Å². The SMILES string of the molecule is ClC1[C@@H](Cl)[C@H](Cl)C(I)[C@@H](Cl)[C@@H]1Cl. The Hall–Kier alpha value is 2.18. The van der Waals surface area contributed by atoms with Gasteiger partial charge >= 0.3 is 0 Å². The van der Waals surface area contributed by atoms with Crippen LogP contribution in [0.25, 0.3) is 0 Å². The topological polar surface area (TPSA) is 0 Å². The van der Waals surface area contributed by atoms with Crippen molar-refractivity contribution in [1.29, 1.82) is 0 Å². The molecule has 6 heteroatoms. The van der Waals surface area contributed by atoms with Crippen LogP contribution in [0.15, 0.2) is 0 Å². The zero-order chi connectivity index (χ0) is 9.46. The maximum Gasteiger partial charge on any atom is 0.0692 e. The molecular formula is C6H6Cl5I. The summed E-state index contributed by atoms with van der Waals surface area (Å²) in [7, 11) is 0. The van der Waals surface area contributed by atoms with Crippen molar-refractivity contribution in [2.75, 3.05) is 0 Å². The molecule has 0 radical (unpaired) electrons. The Kier molecular flexibility index (Phi) is 4.90. The predicted octanol–water partition coefficient (Wildman–Crippen LogP) is 3.84. The van der Waals surface area contributed by atoms with E-state index in [2.05, 4.69) is 22.6 Å². The highest BCUT2D eigenvalue weighted by Crippen LogP contribution is 2.40. The number of rotatable bonds is 0. The van der Waals surface area contributed by atoms with E-state index < -0.39 is 0 Å². The highest BCUT2D eigenvalue weighted by Gasteiger charge is 2.46. The minimum atomic E-state index is -0.357. The lowest BCUT2D eigenvalue weighted by molar-refractivity contribution is 0.561. The lowest BCUT2D eigenvalue weighted by Gasteiger charge is -2.38. The van der Waals surface area contributed by atoms with E-state index in [1.807, 2.05) is 0 Å². The van der Waals surface area contributed by atoms with Gasteiger partial charge in [0.2, 0.25) is 0 Å². The molecule has 0 aliphatic heterocycles. The molecule has 0 aromatic heterocycles. The molecule has 0 bridgehead atoms. The van der Waals surface area contributed by atoms with Crippen LogP contribution in [0.4, 0.5) is 0 Å². The molecule has 0 amide bonds. The van der Waals surface area contributed by atoms with Crippen molar-refractivity contribution in [2.45, 2.75) is 30.8 Å². The first kappa shape index (κ1) is 12.3. The van der Waals surface area contributed by atoms with Crippen molar-refractivity contribution in [1.82, 2.24) is 0 Å². The molecule has 0 aromatic rings. The van der Waals surface area contributed by atoms with E-state index in [9.17, 15) is 0 Å². The zero-order valence-electron chi connectivity index (χ0n) is 5.73. The molecule has 0 saturated heterocycles. The van der Waals surface area contributed by atoms with Crippen LogP contribution in [-0.4, -0.2) is 30.8 Å². The van der Waals surface area contributed by atoms with Gasteiger partial charge in [0.25, 0.3) is 0 Å². The molecule has 0 spiro atoms. The van der Waals surface area contributed by atoms with Gasteiger partial charge in [-0.2, -0.15) is 0 Å². The monoisotopic (exact) mass is 380 g/mol. The maximum atomic E-state index is 6.01. The standard InChI is InChI=1S/C6H6Cl5I/c7-1-2(8)4(10)6(12)5(11)3(1)9/h1-6H/t1?,2-,3-,4+,5+,6?/m1/s1. The van der Waals surface area contributed by atoms with E-state index >= 15 is 0 Å². The Balaban J connectivity index is 2.76. The van der Waals surface area contributed by atoms with Crippen molar-refractivity contribution in [3.05, 3.63) is 0 Å². The first-order valence-electron chi connectivity index (χ1n) is 3.31. The van der Waals surface area contributed by atoms with E-state index in [0.717, 1.165) is 0 Å². The summed E-state index contributed by atoms with van der Waals surface area (Å²) >= 11 is 32.0. The van der Waals surface area contributed by atoms with E-state index in [4.69, 9.17) is 58.0 Å². The van der Waals surface area contributed by atoms with Crippen molar-refractivity contribution in [3.63, 3.8) is 0 Å². The molecular weight excluding hydrogens is 376 g/mol. The van der Waals surface area contributed by atoms with Crippen LogP contribution < -0.4 is 0 Å². The molecule has 1 saturated carbocycles. The summed E-state index contributed by atoms with van der Waals surface area (Å²) in [6, 6.07) is 0. The molecule has 0 unspecified atom stereocenters. The summed E-state index contributed by atoms with van der Waals surface area (Å²) in [5.74, 6) is 0. The van der Waals surface area contributed by atoms with Gasteiger partial charge in [-0.1, -0.05) is 22.6 Å². The fourth-order valence-electron chi connectivity index (χ4n) is 1.05. The van der Waals surface area contributed by atoms with Gasteiger partial charge in [0.1, 0.15) is 0 Å². The van der Waals surface area contributed by atoms with Gasteiger partial charge in [-0.15, -0.1) is 58.0 Å². The van der Waals surface area contributed by atoms with Crippen LogP contribution >= 0.6 is 80.6 Å². The van der Waals surface area contributed by atoms with E-state index in [1.165, 1.54) is 0 Å². The fraction of sp³-hybridized carbons (Fsp3) is 1.00. The minimum absolute atomic E-state index is 0.0610. The first-order chi connectivity index (χ1) is 5.46. The van der Waals surface area contributed by atoms with Crippen LogP contribution in [0.5, 0.6) is 0 Å². The van der Waals surface area contributed by atoms with E-state index in [-0.39, 0.29) is 30.8 Å².